The molecule has 0 bridgehead atoms. The van der Waals surface area contributed by atoms with Gasteiger partial charge >= 0.3 is 0 Å². The van der Waals surface area contributed by atoms with Gasteiger partial charge in [0.1, 0.15) is 0 Å². The number of nitrogens with zero attached hydrogens (tertiary/aromatic N) is 3. The van der Waals surface area contributed by atoms with Gasteiger partial charge in [-0.25, -0.2) is 4.98 Å². The topological polar surface area (TPSA) is 76.2 Å². The fourth-order valence-electron chi connectivity index (χ4n) is 3.30. The Bertz CT molecular complexity index is 711. The van der Waals surface area contributed by atoms with Crippen LogP contribution < -0.4 is 11.1 Å². The lowest BCUT2D eigenvalue weighted by atomic mass is 10.0. The van der Waals surface area contributed by atoms with Gasteiger partial charge in [-0.2, -0.15) is 0 Å². The quantitative estimate of drug-likeness (QED) is 0.752. The molecule has 0 aliphatic carbocycles. The maximum absolute atomic E-state index is 13.0. The molecule has 2 heterocycles. The van der Waals surface area contributed by atoms with Crippen molar-refractivity contribution in [3.05, 3.63) is 42.4 Å². The van der Waals surface area contributed by atoms with Crippen molar-refractivity contribution in [3.63, 3.8) is 0 Å². The number of amides is 1. The van der Waals surface area contributed by atoms with Gasteiger partial charge in [-0.3, -0.25) is 4.79 Å². The fourth-order valence-corrected chi connectivity index (χ4v) is 3.30. The summed E-state index contributed by atoms with van der Waals surface area (Å²) < 4.78 is 2.07. The Morgan fingerprint density at radius 2 is 2.20 bits per heavy atom. The van der Waals surface area contributed by atoms with E-state index in [2.05, 4.69) is 14.9 Å². The van der Waals surface area contributed by atoms with E-state index in [1.54, 1.807) is 0 Å². The van der Waals surface area contributed by atoms with Crippen LogP contribution in [-0.4, -0.2) is 53.1 Å². The molecule has 3 N–H and O–H groups in total. The third kappa shape index (κ3) is 4.08. The predicted octanol–water partition coefficient (Wildman–Crippen LogP) is 1.72. The average Bonchev–Trinajstić information content (AvgIpc) is 3.31. The Balaban J connectivity index is 1.78. The van der Waals surface area contributed by atoms with E-state index in [1.165, 1.54) is 0 Å². The highest BCUT2D eigenvalue weighted by molar-refractivity contribution is 6.00. The number of imidazole rings is 1. The molecular formula is C19H27N5O. The molecule has 1 aromatic carbocycles. The number of hydrogen-bond donors (Lipinski definition) is 2. The summed E-state index contributed by atoms with van der Waals surface area (Å²) in [7, 11) is 1.95. The molecule has 3 rings (SSSR count). The molecule has 1 atom stereocenters. The van der Waals surface area contributed by atoms with Crippen LogP contribution in [0.4, 0.5) is 0 Å². The second-order valence-electron chi connectivity index (χ2n) is 6.56. The van der Waals surface area contributed by atoms with Crippen molar-refractivity contribution in [2.24, 2.45) is 5.73 Å². The van der Waals surface area contributed by atoms with Crippen molar-refractivity contribution in [1.82, 2.24) is 19.8 Å². The van der Waals surface area contributed by atoms with E-state index >= 15 is 0 Å². The molecule has 0 saturated carbocycles. The van der Waals surface area contributed by atoms with Crippen molar-refractivity contribution in [3.8, 4) is 11.3 Å². The third-order valence-corrected chi connectivity index (χ3v) is 4.82. The first kappa shape index (κ1) is 17.6. The summed E-state index contributed by atoms with van der Waals surface area (Å²) in [6, 6.07) is 8.14. The monoisotopic (exact) mass is 341 g/mol. The van der Waals surface area contributed by atoms with Gasteiger partial charge in [-0.15, -0.1) is 0 Å². The normalized spacial score (nSPS) is 17.2. The highest BCUT2D eigenvalue weighted by Crippen LogP contribution is 2.24. The summed E-state index contributed by atoms with van der Waals surface area (Å²) in [6.07, 6.45) is 6.89. The predicted molar refractivity (Wildman–Crippen MR) is 99.3 cm³/mol. The third-order valence-electron chi connectivity index (χ3n) is 4.82. The lowest BCUT2D eigenvalue weighted by Crippen LogP contribution is -2.33. The fraction of sp³-hybridized carbons (Fsp3) is 0.474. The number of nitrogens with one attached hydrogen (secondary N) is 1. The molecule has 25 heavy (non-hydrogen) atoms. The number of hydrogen-bond acceptors (Lipinski definition) is 4. The first-order chi connectivity index (χ1) is 12.2. The number of carbonyl (C=O) groups is 1. The molecule has 6 nitrogen and oxygen atoms in total. The Morgan fingerprint density at radius 3 is 2.96 bits per heavy atom. The van der Waals surface area contributed by atoms with Crippen molar-refractivity contribution in [2.75, 3.05) is 26.7 Å². The number of nitrogens with two attached hydrogens (primary N) is 1. The molecule has 1 aromatic heterocycles. The molecular weight excluding hydrogens is 314 g/mol. The molecule has 1 amide bonds. The van der Waals surface area contributed by atoms with Gasteiger partial charge in [0.2, 0.25) is 0 Å². The van der Waals surface area contributed by atoms with E-state index in [4.69, 9.17) is 5.73 Å². The zero-order chi connectivity index (χ0) is 17.6. The maximum Gasteiger partial charge on any atom is 0.254 e. The van der Waals surface area contributed by atoms with Crippen LogP contribution in [-0.2, 0) is 6.54 Å². The number of aryl methyl sites for hydroxylation is 1. The largest absolute Gasteiger partial charge is 0.337 e. The molecule has 0 spiro atoms. The number of rotatable bonds is 7. The second kappa shape index (κ2) is 8.27. The van der Waals surface area contributed by atoms with Gasteiger partial charge in [0.05, 0.1) is 12.0 Å². The Kier molecular flexibility index (Phi) is 5.83. The summed E-state index contributed by atoms with van der Waals surface area (Å²) in [5.41, 5.74) is 8.03. The SMILES string of the molecule is CNC1CCN(C(=O)c2ccccc2-c2cn(CCCCN)cn2)C1. The Labute approximate surface area is 149 Å². The van der Waals surface area contributed by atoms with Crippen LogP contribution in [0.2, 0.25) is 0 Å². The molecule has 1 fully saturated rings. The van der Waals surface area contributed by atoms with E-state index in [0.717, 1.165) is 55.7 Å². The number of likely N-dealkylation sites (tertiary alicyclic amines) is 1. The minimum absolute atomic E-state index is 0.0889. The summed E-state index contributed by atoms with van der Waals surface area (Å²) in [6.45, 7) is 3.17. The maximum atomic E-state index is 13.0. The van der Waals surface area contributed by atoms with Crippen molar-refractivity contribution in [2.45, 2.75) is 31.8 Å². The average molecular weight is 341 g/mol. The van der Waals surface area contributed by atoms with Crippen molar-refractivity contribution < 1.29 is 4.79 Å². The lowest BCUT2D eigenvalue weighted by molar-refractivity contribution is 0.0790. The number of carbonyl (C=O) groups excluding carboxylic acids is 1. The molecule has 134 valence electrons. The van der Waals surface area contributed by atoms with Crippen LogP contribution in [0.5, 0.6) is 0 Å². The summed E-state index contributed by atoms with van der Waals surface area (Å²) in [5.74, 6) is 0.0889. The van der Waals surface area contributed by atoms with Gasteiger partial charge in [0.25, 0.3) is 5.91 Å². The van der Waals surface area contributed by atoms with Crippen LogP contribution in [0.25, 0.3) is 11.3 Å². The molecule has 2 aromatic rings. The molecule has 6 heteroatoms. The van der Waals surface area contributed by atoms with Gasteiger partial charge in [-0.05, 0) is 38.9 Å². The highest BCUT2D eigenvalue weighted by atomic mass is 16.2. The second-order valence-corrected chi connectivity index (χ2v) is 6.56. The first-order valence-corrected chi connectivity index (χ1v) is 9.00. The van der Waals surface area contributed by atoms with Gasteiger partial charge in [-0.1, -0.05) is 18.2 Å². The Morgan fingerprint density at radius 1 is 1.36 bits per heavy atom. The molecule has 1 aliphatic rings. The molecule has 0 radical (unpaired) electrons. The van der Waals surface area contributed by atoms with Crippen molar-refractivity contribution >= 4 is 5.91 Å². The number of aromatic nitrogens is 2. The molecule has 1 unspecified atom stereocenters. The van der Waals surface area contributed by atoms with Gasteiger partial charge < -0.3 is 20.5 Å². The highest BCUT2D eigenvalue weighted by Gasteiger charge is 2.27. The van der Waals surface area contributed by atoms with Crippen LogP contribution in [0, 0.1) is 0 Å². The van der Waals surface area contributed by atoms with Gasteiger partial charge in [0, 0.05) is 43.0 Å². The van der Waals surface area contributed by atoms with E-state index < -0.39 is 0 Å². The van der Waals surface area contributed by atoms with E-state index in [0.29, 0.717) is 12.6 Å². The van der Waals surface area contributed by atoms with E-state index in [1.807, 2.05) is 48.7 Å². The lowest BCUT2D eigenvalue weighted by Gasteiger charge is -2.18. The number of benzene rings is 1. The van der Waals surface area contributed by atoms with Crippen LogP contribution in [0.3, 0.4) is 0 Å². The van der Waals surface area contributed by atoms with Crippen LogP contribution in [0.1, 0.15) is 29.6 Å². The molecule has 1 saturated heterocycles. The molecule has 1 aliphatic heterocycles. The summed E-state index contributed by atoms with van der Waals surface area (Å²) in [4.78, 5) is 19.4. The minimum atomic E-state index is 0.0889. The number of likely N-dealkylation sites (N-methyl/N-ethyl adjacent to an activating group) is 1. The standard InChI is InChI=1S/C19H27N5O/c1-21-15-8-11-24(12-15)19(25)17-7-3-2-6-16(17)18-13-23(14-22-18)10-5-4-9-20/h2-3,6-7,13-15,21H,4-5,8-12,20H2,1H3. The van der Waals surface area contributed by atoms with E-state index in [9.17, 15) is 4.79 Å². The van der Waals surface area contributed by atoms with Crippen LogP contribution >= 0.6 is 0 Å². The minimum Gasteiger partial charge on any atom is -0.337 e. The zero-order valence-corrected chi connectivity index (χ0v) is 14.8. The zero-order valence-electron chi connectivity index (χ0n) is 14.8. The number of unbranched alkanes of at least 4 members (excludes halogenated alkanes) is 1. The summed E-state index contributed by atoms with van der Waals surface area (Å²) >= 11 is 0. The van der Waals surface area contributed by atoms with Gasteiger partial charge in [0.15, 0.2) is 0 Å². The van der Waals surface area contributed by atoms with E-state index in [-0.39, 0.29) is 5.91 Å². The smallest absolute Gasteiger partial charge is 0.254 e. The Hall–Kier alpha value is -2.18. The first-order valence-electron chi connectivity index (χ1n) is 9.00. The van der Waals surface area contributed by atoms with Crippen LogP contribution in [0.15, 0.2) is 36.8 Å². The van der Waals surface area contributed by atoms with Crippen molar-refractivity contribution in [1.29, 1.82) is 0 Å². The summed E-state index contributed by atoms with van der Waals surface area (Å²) in [5, 5.41) is 3.26.